The van der Waals surface area contributed by atoms with Crippen molar-refractivity contribution in [3.8, 4) is 0 Å². The van der Waals surface area contributed by atoms with Crippen LogP contribution in [0.25, 0.3) is 0 Å². The molecule has 0 radical (unpaired) electrons. The first-order valence-corrected chi connectivity index (χ1v) is 7.75. The lowest BCUT2D eigenvalue weighted by atomic mass is 10.2. The van der Waals surface area contributed by atoms with Gasteiger partial charge in [0.15, 0.2) is 0 Å². The lowest BCUT2D eigenvalue weighted by Gasteiger charge is -2.05. The van der Waals surface area contributed by atoms with E-state index in [4.69, 9.17) is 0 Å². The quantitative estimate of drug-likeness (QED) is 0.717. The van der Waals surface area contributed by atoms with Crippen molar-refractivity contribution in [1.29, 1.82) is 0 Å². The fourth-order valence-corrected chi connectivity index (χ4v) is 2.25. The van der Waals surface area contributed by atoms with Gasteiger partial charge in [0.1, 0.15) is 0 Å². The largest absolute Gasteiger partial charge is 0.343 e. The molecule has 0 bridgehead atoms. The topological polar surface area (TPSA) is 88.9 Å². The van der Waals surface area contributed by atoms with E-state index in [0.717, 1.165) is 5.56 Å². The smallest absolute Gasteiger partial charge is 0.251 e. The van der Waals surface area contributed by atoms with E-state index in [1.807, 2.05) is 18.2 Å². The summed E-state index contributed by atoms with van der Waals surface area (Å²) in [6, 6.07) is 12.6. The van der Waals surface area contributed by atoms with Crippen LogP contribution in [0.15, 0.2) is 67.3 Å². The van der Waals surface area contributed by atoms with E-state index in [-0.39, 0.29) is 18.4 Å². The van der Waals surface area contributed by atoms with Crippen molar-refractivity contribution in [2.75, 3.05) is 11.9 Å². The van der Waals surface area contributed by atoms with E-state index in [1.165, 1.54) is 0 Å². The van der Waals surface area contributed by atoms with Crippen LogP contribution in [-0.4, -0.2) is 33.1 Å². The third-order valence-electron chi connectivity index (χ3n) is 3.43. The molecule has 2 aromatic heterocycles. The summed E-state index contributed by atoms with van der Waals surface area (Å²) < 4.78 is 1.70. The van der Waals surface area contributed by atoms with Crippen LogP contribution in [0.5, 0.6) is 0 Å². The monoisotopic (exact) mass is 335 g/mol. The summed E-state index contributed by atoms with van der Waals surface area (Å²) in [5.74, 6) is -0.603. The maximum atomic E-state index is 11.9. The minimum atomic E-state index is -0.315. The predicted molar refractivity (Wildman–Crippen MR) is 93.0 cm³/mol. The molecule has 7 heteroatoms. The number of pyridine rings is 1. The summed E-state index contributed by atoms with van der Waals surface area (Å²) in [5, 5.41) is 9.48. The zero-order chi connectivity index (χ0) is 17.5. The van der Waals surface area contributed by atoms with Gasteiger partial charge >= 0.3 is 0 Å². The molecule has 0 aliphatic rings. The van der Waals surface area contributed by atoms with Gasteiger partial charge in [-0.1, -0.05) is 24.3 Å². The second-order valence-electron chi connectivity index (χ2n) is 5.38. The molecule has 0 saturated carbocycles. The van der Waals surface area contributed by atoms with Crippen LogP contribution in [0.3, 0.4) is 0 Å². The van der Waals surface area contributed by atoms with Crippen LogP contribution in [0.2, 0.25) is 0 Å². The number of anilines is 1. The molecule has 0 fully saturated rings. The second-order valence-corrected chi connectivity index (χ2v) is 5.38. The highest BCUT2D eigenvalue weighted by atomic mass is 16.2. The average molecular weight is 335 g/mol. The first kappa shape index (κ1) is 16.4. The highest BCUT2D eigenvalue weighted by Crippen LogP contribution is 2.07. The Kier molecular flexibility index (Phi) is 5.16. The van der Waals surface area contributed by atoms with Crippen molar-refractivity contribution in [3.05, 3.63) is 78.4 Å². The Hall–Kier alpha value is -3.48. The standard InChI is InChI=1S/C18H17N5O2/c24-17(11-20-18(25)15-6-2-1-3-7-15)22-16-10-21-23(13-16)12-14-5-4-8-19-9-14/h1-10,13H,11-12H2,(H,20,25)(H,22,24). The number of amides is 2. The van der Waals surface area contributed by atoms with Crippen molar-refractivity contribution in [3.63, 3.8) is 0 Å². The average Bonchev–Trinajstić information content (AvgIpc) is 3.08. The fourth-order valence-electron chi connectivity index (χ4n) is 2.25. The molecule has 25 heavy (non-hydrogen) atoms. The summed E-state index contributed by atoms with van der Waals surface area (Å²) in [4.78, 5) is 27.9. The normalized spacial score (nSPS) is 10.2. The molecule has 0 unspecified atom stereocenters. The Morgan fingerprint density at radius 1 is 1.04 bits per heavy atom. The van der Waals surface area contributed by atoms with Gasteiger partial charge in [0, 0.05) is 24.2 Å². The number of carbonyl (C=O) groups excluding carboxylic acids is 2. The van der Waals surface area contributed by atoms with E-state index in [0.29, 0.717) is 17.8 Å². The SMILES string of the molecule is O=C(CNC(=O)c1ccccc1)Nc1cnn(Cc2cccnc2)c1. The molecule has 2 N–H and O–H groups in total. The fraction of sp³-hybridized carbons (Fsp3) is 0.111. The molecule has 2 heterocycles. The Labute approximate surface area is 144 Å². The highest BCUT2D eigenvalue weighted by Gasteiger charge is 2.09. The third kappa shape index (κ3) is 4.74. The van der Waals surface area contributed by atoms with Crippen LogP contribution in [0, 0.1) is 0 Å². The predicted octanol–water partition coefficient (Wildman–Crippen LogP) is 1.69. The number of benzene rings is 1. The van der Waals surface area contributed by atoms with Crippen molar-refractivity contribution < 1.29 is 9.59 Å². The lowest BCUT2D eigenvalue weighted by molar-refractivity contribution is -0.115. The number of nitrogens with one attached hydrogen (secondary N) is 2. The summed E-state index contributed by atoms with van der Waals surface area (Å²) in [7, 11) is 0. The van der Waals surface area contributed by atoms with Crippen LogP contribution in [0.1, 0.15) is 15.9 Å². The zero-order valence-corrected chi connectivity index (χ0v) is 13.4. The van der Waals surface area contributed by atoms with Gasteiger partial charge in [0.25, 0.3) is 5.91 Å². The van der Waals surface area contributed by atoms with E-state index >= 15 is 0 Å². The maximum Gasteiger partial charge on any atom is 0.251 e. The number of aromatic nitrogens is 3. The molecular weight excluding hydrogens is 318 g/mol. The number of hydrogen-bond acceptors (Lipinski definition) is 4. The van der Waals surface area contributed by atoms with Crippen molar-refractivity contribution in [2.24, 2.45) is 0 Å². The van der Waals surface area contributed by atoms with E-state index in [1.54, 1.807) is 53.7 Å². The summed E-state index contributed by atoms with van der Waals surface area (Å²) in [6.45, 7) is 0.454. The number of rotatable bonds is 6. The number of hydrogen-bond donors (Lipinski definition) is 2. The Balaban J connectivity index is 1.49. The summed E-state index contributed by atoms with van der Waals surface area (Å²) in [6.07, 6.45) is 6.76. The molecule has 0 spiro atoms. The molecule has 2 amide bonds. The molecule has 0 aliphatic carbocycles. The van der Waals surface area contributed by atoms with E-state index in [9.17, 15) is 9.59 Å². The molecule has 7 nitrogen and oxygen atoms in total. The molecular formula is C18H17N5O2. The second kappa shape index (κ2) is 7.87. The minimum absolute atomic E-state index is 0.110. The van der Waals surface area contributed by atoms with Crippen LogP contribution in [0.4, 0.5) is 5.69 Å². The molecule has 126 valence electrons. The lowest BCUT2D eigenvalue weighted by Crippen LogP contribution is -2.32. The van der Waals surface area contributed by atoms with Crippen molar-refractivity contribution in [2.45, 2.75) is 6.54 Å². The number of nitrogens with zero attached hydrogens (tertiary/aromatic N) is 3. The molecule has 0 aliphatic heterocycles. The Morgan fingerprint density at radius 2 is 1.88 bits per heavy atom. The third-order valence-corrected chi connectivity index (χ3v) is 3.43. The van der Waals surface area contributed by atoms with Gasteiger partial charge in [0.2, 0.25) is 5.91 Å². The van der Waals surface area contributed by atoms with Gasteiger partial charge in [-0.3, -0.25) is 19.3 Å². The van der Waals surface area contributed by atoms with Crippen LogP contribution < -0.4 is 10.6 Å². The summed E-state index contributed by atoms with van der Waals surface area (Å²) >= 11 is 0. The van der Waals surface area contributed by atoms with Gasteiger partial charge in [-0.05, 0) is 23.8 Å². The minimum Gasteiger partial charge on any atom is -0.343 e. The van der Waals surface area contributed by atoms with E-state index < -0.39 is 0 Å². The molecule has 1 aromatic carbocycles. The maximum absolute atomic E-state index is 11.9. The zero-order valence-electron chi connectivity index (χ0n) is 13.4. The van der Waals surface area contributed by atoms with Gasteiger partial charge < -0.3 is 10.6 Å². The van der Waals surface area contributed by atoms with Crippen molar-refractivity contribution in [1.82, 2.24) is 20.1 Å². The molecule has 3 aromatic rings. The van der Waals surface area contributed by atoms with Crippen LogP contribution in [-0.2, 0) is 11.3 Å². The Bertz CT molecular complexity index is 846. The van der Waals surface area contributed by atoms with Gasteiger partial charge in [-0.15, -0.1) is 0 Å². The van der Waals surface area contributed by atoms with Gasteiger partial charge in [-0.2, -0.15) is 5.10 Å². The first-order chi connectivity index (χ1) is 12.2. The van der Waals surface area contributed by atoms with Crippen molar-refractivity contribution >= 4 is 17.5 Å². The number of carbonyl (C=O) groups is 2. The van der Waals surface area contributed by atoms with E-state index in [2.05, 4.69) is 20.7 Å². The molecule has 0 atom stereocenters. The van der Waals surface area contributed by atoms with Gasteiger partial charge in [-0.25, -0.2) is 0 Å². The summed E-state index contributed by atoms with van der Waals surface area (Å²) in [5.41, 5.74) is 2.10. The Morgan fingerprint density at radius 3 is 2.64 bits per heavy atom. The van der Waals surface area contributed by atoms with Crippen LogP contribution >= 0.6 is 0 Å². The van der Waals surface area contributed by atoms with Gasteiger partial charge in [0.05, 0.1) is 25.0 Å². The molecule has 0 saturated heterocycles. The first-order valence-electron chi connectivity index (χ1n) is 7.75. The molecule has 3 rings (SSSR count). The highest BCUT2D eigenvalue weighted by molar-refractivity contribution is 5.99.